The maximum absolute atomic E-state index is 12.8. The molecule has 1 aliphatic heterocycles. The van der Waals surface area contributed by atoms with Gasteiger partial charge >= 0.3 is 0 Å². The number of primary sulfonamides is 1. The first-order chi connectivity index (χ1) is 13.7. The summed E-state index contributed by atoms with van der Waals surface area (Å²) in [5.41, 5.74) is 11.9. The second-order valence-electron chi connectivity index (χ2n) is 6.57. The van der Waals surface area contributed by atoms with E-state index in [1.807, 2.05) is 4.90 Å². The first-order valence-corrected chi connectivity index (χ1v) is 11.4. The average molecular weight is 446 g/mol. The van der Waals surface area contributed by atoms with Crippen LogP contribution in [0.4, 0.5) is 5.69 Å². The summed E-state index contributed by atoms with van der Waals surface area (Å²) in [4.78, 5) is 1.41. The number of benzene rings is 1. The first kappa shape index (κ1) is 21.8. The molecule has 0 saturated carbocycles. The normalized spacial score (nSPS) is 19.5. The molecule has 160 valence electrons. The van der Waals surface area contributed by atoms with Gasteiger partial charge in [0.2, 0.25) is 15.8 Å². The highest BCUT2D eigenvalue weighted by molar-refractivity contribution is 7.92. The van der Waals surface area contributed by atoms with Gasteiger partial charge in [0.25, 0.3) is 0 Å². The summed E-state index contributed by atoms with van der Waals surface area (Å²) < 4.78 is 40.4. The number of nitrogens with one attached hydrogen (secondary N) is 2. The highest BCUT2D eigenvalue weighted by atomic mass is 32.2. The van der Waals surface area contributed by atoms with E-state index in [9.17, 15) is 18.1 Å². The molecule has 1 aliphatic rings. The van der Waals surface area contributed by atoms with Crippen LogP contribution in [0.3, 0.4) is 0 Å². The maximum atomic E-state index is 12.8. The van der Waals surface area contributed by atoms with Crippen LogP contribution in [0.25, 0.3) is 11.4 Å². The molecule has 3 atom stereocenters. The van der Waals surface area contributed by atoms with Crippen molar-refractivity contribution in [1.29, 1.82) is 0 Å². The summed E-state index contributed by atoms with van der Waals surface area (Å²) in [6, 6.07) is 2.95. The van der Waals surface area contributed by atoms with Crippen molar-refractivity contribution >= 4 is 27.1 Å². The van der Waals surface area contributed by atoms with Crippen molar-refractivity contribution in [3.8, 4) is 11.4 Å². The molecule has 2 aromatic rings. The van der Waals surface area contributed by atoms with Gasteiger partial charge in [0, 0.05) is 31.4 Å². The predicted molar refractivity (Wildman–Crippen MR) is 105 cm³/mol. The second kappa shape index (κ2) is 8.88. The number of aromatic amines is 1. The van der Waals surface area contributed by atoms with Gasteiger partial charge in [0.05, 0.1) is 29.6 Å². The van der Waals surface area contributed by atoms with Crippen molar-refractivity contribution in [2.24, 2.45) is 16.6 Å². The van der Waals surface area contributed by atoms with Gasteiger partial charge in [-0.15, -0.1) is 14.9 Å². The third-order valence-corrected chi connectivity index (χ3v) is 6.73. The Labute approximate surface area is 170 Å². The number of tetrazole rings is 1. The third-order valence-electron chi connectivity index (χ3n) is 4.44. The molecule has 0 radical (unpaired) electrons. The number of sulfonamides is 1. The van der Waals surface area contributed by atoms with Gasteiger partial charge in [-0.1, -0.05) is 0 Å². The second-order valence-corrected chi connectivity index (χ2v) is 9.33. The van der Waals surface area contributed by atoms with Crippen molar-refractivity contribution in [2.45, 2.75) is 28.4 Å². The topological polar surface area (TPSA) is 225 Å². The number of hydrogen-bond donors (Lipinski definition) is 6. The van der Waals surface area contributed by atoms with Crippen molar-refractivity contribution < 1.29 is 18.1 Å². The molecule has 13 nitrogen and oxygen atoms in total. The lowest BCUT2D eigenvalue weighted by atomic mass is 10.1. The Hall–Kier alpha value is -1.85. The van der Waals surface area contributed by atoms with Crippen LogP contribution in [0.2, 0.25) is 0 Å². The van der Waals surface area contributed by atoms with Gasteiger partial charge in [-0.05, 0) is 23.8 Å². The molecule has 15 heteroatoms. The lowest BCUT2D eigenvalue weighted by Gasteiger charge is -2.23. The van der Waals surface area contributed by atoms with Crippen molar-refractivity contribution in [2.75, 3.05) is 31.1 Å². The molecule has 1 saturated heterocycles. The Morgan fingerprint density at radius 3 is 2.79 bits per heavy atom. The molecular weight excluding hydrogens is 422 g/mol. The molecule has 1 fully saturated rings. The molecule has 0 spiro atoms. The molecular formula is C14H23N9O4S2. The highest BCUT2D eigenvalue weighted by Crippen LogP contribution is 2.39. The monoisotopic (exact) mass is 445 g/mol. The number of aliphatic hydroxyl groups excluding tert-OH is 1. The van der Waals surface area contributed by atoms with Crippen molar-refractivity contribution in [3.63, 3.8) is 0 Å². The van der Waals surface area contributed by atoms with E-state index in [4.69, 9.17) is 16.6 Å². The molecule has 2 heterocycles. The minimum absolute atomic E-state index is 0.00895. The average Bonchev–Trinajstić information content (AvgIpc) is 3.35. The minimum Gasteiger partial charge on any atom is -0.593 e. The molecule has 0 bridgehead atoms. The Bertz CT molecular complexity index is 941. The lowest BCUT2D eigenvalue weighted by Crippen LogP contribution is -2.37. The molecule has 9 N–H and O–H groups in total. The van der Waals surface area contributed by atoms with Gasteiger partial charge in [-0.3, -0.25) is 0 Å². The summed E-state index contributed by atoms with van der Waals surface area (Å²) in [5.74, 6) is -0.00895. The number of aromatic nitrogens is 4. The molecule has 0 amide bonds. The minimum atomic E-state index is -4.34. The van der Waals surface area contributed by atoms with E-state index < -0.39 is 27.5 Å². The molecule has 3 rings (SSSR count). The van der Waals surface area contributed by atoms with E-state index in [0.29, 0.717) is 18.8 Å². The number of nitrogens with zero attached hydrogens (tertiary/aromatic N) is 4. The fourth-order valence-corrected chi connectivity index (χ4v) is 5.43. The lowest BCUT2D eigenvalue weighted by molar-refractivity contribution is 0.186. The van der Waals surface area contributed by atoms with Gasteiger partial charge in [0.15, 0.2) is 9.79 Å². The Balaban J connectivity index is 2.15. The molecule has 1 unspecified atom stereocenters. The summed E-state index contributed by atoms with van der Waals surface area (Å²) >= 11 is -2.01. The molecule has 1 aromatic carbocycles. The van der Waals surface area contributed by atoms with Crippen molar-refractivity contribution in [3.05, 3.63) is 12.1 Å². The highest BCUT2D eigenvalue weighted by Gasteiger charge is 2.34. The number of rotatable bonds is 8. The quantitative estimate of drug-likeness (QED) is 0.224. The van der Waals surface area contributed by atoms with Crippen LogP contribution in [0.5, 0.6) is 0 Å². The van der Waals surface area contributed by atoms with Crippen LogP contribution < -0.4 is 26.2 Å². The predicted octanol–water partition coefficient (Wildman–Crippen LogP) is -3.02. The summed E-state index contributed by atoms with van der Waals surface area (Å²) in [6.07, 6.45) is -0.221. The number of hydrogen-bond acceptors (Lipinski definition) is 11. The Morgan fingerprint density at radius 1 is 1.48 bits per heavy atom. The van der Waals surface area contributed by atoms with Crippen LogP contribution in [-0.4, -0.2) is 77.0 Å². The fraction of sp³-hybridized carbons (Fsp3) is 0.500. The SMILES string of the molecule is NC[C@@H](O)CN[S+]([O-])c1ccc(N2CC[C@@H](N)C2)c(-c2nn[nH]n2)c1S(N)(=O)=O. The van der Waals surface area contributed by atoms with Crippen LogP contribution in [0.1, 0.15) is 6.42 Å². The summed E-state index contributed by atoms with van der Waals surface area (Å²) in [7, 11) is -4.34. The van der Waals surface area contributed by atoms with Gasteiger partial charge in [-0.2, -0.15) is 5.21 Å². The summed E-state index contributed by atoms with van der Waals surface area (Å²) in [6.45, 7) is 0.944. The van der Waals surface area contributed by atoms with Crippen LogP contribution >= 0.6 is 0 Å². The fourth-order valence-electron chi connectivity index (χ4n) is 3.07. The first-order valence-electron chi connectivity index (χ1n) is 8.70. The van der Waals surface area contributed by atoms with E-state index in [1.165, 1.54) is 6.07 Å². The zero-order valence-corrected chi connectivity index (χ0v) is 17.0. The zero-order valence-electron chi connectivity index (χ0n) is 15.4. The standard InChI is InChI=1S/C14H23N9O4S2/c15-5-9(24)6-18-28(25)11-2-1-10(23-4-3-8(16)7-23)12(13(11)29(17,26)27)14-19-21-22-20-14/h1-2,8-9,18,24H,3-7,15-16H2,(H2,17,26,27)(H,19,20,21,22)/t8-,9-,28?/m1/s1. The molecule has 1 aromatic heterocycles. The number of anilines is 1. The number of H-pyrrole nitrogens is 1. The van der Waals surface area contributed by atoms with Crippen molar-refractivity contribution in [1.82, 2.24) is 25.3 Å². The van der Waals surface area contributed by atoms with Crippen LogP contribution in [0.15, 0.2) is 21.9 Å². The van der Waals surface area contributed by atoms with E-state index in [2.05, 4.69) is 25.3 Å². The summed E-state index contributed by atoms with van der Waals surface area (Å²) in [5, 5.41) is 28.7. The smallest absolute Gasteiger partial charge is 0.243 e. The van der Waals surface area contributed by atoms with E-state index >= 15 is 0 Å². The molecule has 0 aliphatic carbocycles. The molecule has 29 heavy (non-hydrogen) atoms. The van der Waals surface area contributed by atoms with Crippen LogP contribution in [-0.2, 0) is 21.4 Å². The Morgan fingerprint density at radius 2 is 2.24 bits per heavy atom. The van der Waals surface area contributed by atoms with E-state index in [1.54, 1.807) is 6.07 Å². The maximum Gasteiger partial charge on any atom is 0.243 e. The van der Waals surface area contributed by atoms with Gasteiger partial charge in [-0.25, -0.2) is 13.6 Å². The van der Waals surface area contributed by atoms with E-state index in [-0.39, 0.29) is 40.3 Å². The largest absolute Gasteiger partial charge is 0.593 e. The third kappa shape index (κ3) is 4.84. The number of nitrogens with two attached hydrogens (primary N) is 3. The van der Waals surface area contributed by atoms with E-state index in [0.717, 1.165) is 6.42 Å². The zero-order chi connectivity index (χ0) is 21.2. The Kier molecular flexibility index (Phi) is 6.69. The van der Waals surface area contributed by atoms with Gasteiger partial charge in [0.1, 0.15) is 0 Å². The number of aliphatic hydroxyl groups is 1. The van der Waals surface area contributed by atoms with Crippen LogP contribution in [0, 0.1) is 0 Å². The van der Waals surface area contributed by atoms with Gasteiger partial charge < -0.3 is 26.0 Å².